The van der Waals surface area contributed by atoms with Crippen LogP contribution in [0.2, 0.25) is 0 Å². The summed E-state index contributed by atoms with van der Waals surface area (Å²) >= 11 is 0.793. The summed E-state index contributed by atoms with van der Waals surface area (Å²) in [5.41, 5.74) is 6.53. The number of hydrogen-bond donors (Lipinski definition) is 3. The van der Waals surface area contributed by atoms with E-state index in [1.165, 1.54) is 6.20 Å². The van der Waals surface area contributed by atoms with Crippen LogP contribution in [0.15, 0.2) is 53.7 Å². The average molecular weight is 492 g/mol. The van der Waals surface area contributed by atoms with Crippen LogP contribution >= 0.6 is 11.8 Å². The first-order chi connectivity index (χ1) is 16.7. The Balaban J connectivity index is 1.73. The highest BCUT2D eigenvalue weighted by atomic mass is 32.2. The average Bonchev–Trinajstić information content (AvgIpc) is 2.81. The second kappa shape index (κ2) is 11.6. The van der Waals surface area contributed by atoms with Gasteiger partial charge in [-0.2, -0.15) is 5.26 Å². The summed E-state index contributed by atoms with van der Waals surface area (Å²) in [7, 11) is 0. The lowest BCUT2D eigenvalue weighted by Crippen LogP contribution is -2.32. The van der Waals surface area contributed by atoms with Gasteiger partial charge in [0.05, 0.1) is 11.9 Å². The van der Waals surface area contributed by atoms with Gasteiger partial charge in [-0.1, -0.05) is 36.4 Å². The number of thioether (sulfide) groups is 1. The van der Waals surface area contributed by atoms with Crippen LogP contribution in [-0.4, -0.2) is 21.7 Å². The SMILES string of the molecule is Cc1c(CNc2ncc(N[O-])c(SC#N)n2)cccc1-c1cccc(CNC(=O)OC(C)(C)C)c1. The van der Waals surface area contributed by atoms with Gasteiger partial charge in [0.2, 0.25) is 5.95 Å². The molecule has 0 unspecified atom stereocenters. The number of benzene rings is 2. The van der Waals surface area contributed by atoms with Crippen molar-refractivity contribution >= 4 is 29.5 Å². The molecule has 0 fully saturated rings. The predicted molar refractivity (Wildman–Crippen MR) is 138 cm³/mol. The Labute approximate surface area is 208 Å². The fourth-order valence-electron chi connectivity index (χ4n) is 3.34. The van der Waals surface area contributed by atoms with Crippen molar-refractivity contribution in [3.05, 3.63) is 70.6 Å². The molecule has 35 heavy (non-hydrogen) atoms. The number of rotatable bonds is 8. The first-order valence-corrected chi connectivity index (χ1v) is 11.7. The van der Waals surface area contributed by atoms with Gasteiger partial charge in [-0.15, -0.1) is 0 Å². The molecular formula is C25H27N6O3S-. The minimum Gasteiger partial charge on any atom is -0.761 e. The Kier molecular flexibility index (Phi) is 8.52. The van der Waals surface area contributed by atoms with Gasteiger partial charge in [0.1, 0.15) is 16.0 Å². The molecule has 0 saturated carbocycles. The quantitative estimate of drug-likeness (QED) is 0.160. The summed E-state index contributed by atoms with van der Waals surface area (Å²) in [5, 5.41) is 28.0. The van der Waals surface area contributed by atoms with E-state index in [1.807, 2.05) is 75.6 Å². The van der Waals surface area contributed by atoms with Crippen LogP contribution < -0.4 is 16.1 Å². The standard InChI is InChI=1S/C25H27N6O3S/c1-16-19(13-27-23-28-14-21(31-33)22(30-23)35-15-26)9-6-10-20(16)18-8-5-7-17(11-18)12-29-24(32)34-25(2,3)4/h5-11,14,31H,12-13H2,1-4H3,(H,29,32)(H,27,28,30)/q-1. The van der Waals surface area contributed by atoms with Gasteiger partial charge in [0.15, 0.2) is 0 Å². The molecule has 3 aromatic rings. The first kappa shape index (κ1) is 25.8. The number of carbonyl (C=O) groups excluding carboxylic acids is 1. The maximum atomic E-state index is 12.0. The van der Waals surface area contributed by atoms with Gasteiger partial charge in [0.25, 0.3) is 0 Å². The van der Waals surface area contributed by atoms with Crippen LogP contribution in [0.3, 0.4) is 0 Å². The van der Waals surface area contributed by atoms with Crippen LogP contribution in [0.1, 0.15) is 37.5 Å². The molecular weight excluding hydrogens is 464 g/mol. The summed E-state index contributed by atoms with van der Waals surface area (Å²) in [4.78, 5) is 20.4. The molecule has 0 saturated heterocycles. The molecule has 0 aliphatic heterocycles. The zero-order chi connectivity index (χ0) is 25.4. The summed E-state index contributed by atoms with van der Waals surface area (Å²) in [5.74, 6) is 0.321. The number of anilines is 2. The van der Waals surface area contributed by atoms with Gasteiger partial charge in [-0.3, -0.25) is 0 Å². The molecule has 1 amide bonds. The zero-order valence-electron chi connectivity index (χ0n) is 20.0. The maximum Gasteiger partial charge on any atom is 0.407 e. The van der Waals surface area contributed by atoms with Crippen molar-refractivity contribution in [2.45, 2.75) is 51.4 Å². The molecule has 10 heteroatoms. The topological polar surface area (TPSA) is 135 Å². The normalized spacial score (nSPS) is 10.9. The first-order valence-electron chi connectivity index (χ1n) is 10.9. The van der Waals surface area contributed by atoms with E-state index in [0.717, 1.165) is 39.6 Å². The van der Waals surface area contributed by atoms with E-state index in [2.05, 4.69) is 20.6 Å². The monoisotopic (exact) mass is 491 g/mol. The van der Waals surface area contributed by atoms with Crippen molar-refractivity contribution < 1.29 is 9.53 Å². The molecule has 1 aromatic heterocycles. The summed E-state index contributed by atoms with van der Waals surface area (Å²) in [6.45, 7) is 8.34. The van der Waals surface area contributed by atoms with Crippen molar-refractivity contribution in [3.8, 4) is 16.5 Å². The molecule has 0 aliphatic rings. The third kappa shape index (κ3) is 7.34. The molecule has 3 N–H and O–H groups in total. The Hall–Kier alpha value is -3.81. The van der Waals surface area contributed by atoms with Crippen molar-refractivity contribution in [3.63, 3.8) is 0 Å². The number of hydrogen-bond acceptors (Lipinski definition) is 9. The van der Waals surface area contributed by atoms with Gasteiger partial charge >= 0.3 is 6.09 Å². The summed E-state index contributed by atoms with van der Waals surface area (Å²) < 4.78 is 5.30. The molecule has 0 aliphatic carbocycles. The second-order valence-corrected chi connectivity index (χ2v) is 9.48. The van der Waals surface area contributed by atoms with E-state index in [1.54, 1.807) is 5.48 Å². The van der Waals surface area contributed by atoms with Gasteiger partial charge in [-0.25, -0.2) is 14.8 Å². The third-order valence-corrected chi connectivity index (χ3v) is 5.56. The highest BCUT2D eigenvalue weighted by Crippen LogP contribution is 2.28. The minimum atomic E-state index is -0.548. The van der Waals surface area contributed by atoms with Gasteiger partial charge < -0.3 is 26.1 Å². The number of nitrogens with one attached hydrogen (secondary N) is 3. The summed E-state index contributed by atoms with van der Waals surface area (Å²) in [6, 6.07) is 14.0. The Morgan fingerprint density at radius 1 is 1.20 bits per heavy atom. The van der Waals surface area contributed by atoms with Crippen LogP contribution in [0.25, 0.3) is 11.1 Å². The van der Waals surface area contributed by atoms with Crippen LogP contribution in [0.4, 0.5) is 16.4 Å². The number of alkyl carbamates (subject to hydrolysis) is 1. The fraction of sp³-hybridized carbons (Fsp3) is 0.280. The number of ether oxygens (including phenoxy) is 1. The minimum absolute atomic E-state index is 0.154. The van der Waals surface area contributed by atoms with Gasteiger partial charge in [0, 0.05) is 24.9 Å². The van der Waals surface area contributed by atoms with Crippen molar-refractivity contribution in [1.82, 2.24) is 15.3 Å². The molecule has 182 valence electrons. The van der Waals surface area contributed by atoms with E-state index in [-0.39, 0.29) is 10.7 Å². The van der Waals surface area contributed by atoms with Crippen molar-refractivity contribution in [2.75, 3.05) is 10.8 Å². The molecule has 3 rings (SSSR count). The summed E-state index contributed by atoms with van der Waals surface area (Å²) in [6.07, 6.45) is 0.895. The molecule has 0 radical (unpaired) electrons. The smallest absolute Gasteiger partial charge is 0.407 e. The molecule has 0 bridgehead atoms. The zero-order valence-corrected chi connectivity index (χ0v) is 20.8. The van der Waals surface area contributed by atoms with Crippen molar-refractivity contribution in [2.24, 2.45) is 0 Å². The van der Waals surface area contributed by atoms with E-state index >= 15 is 0 Å². The molecule has 0 spiro atoms. The van der Waals surface area contributed by atoms with Crippen LogP contribution in [-0.2, 0) is 17.8 Å². The Morgan fingerprint density at radius 2 is 1.97 bits per heavy atom. The fourth-order valence-corrected chi connectivity index (χ4v) is 3.76. The number of carbonyl (C=O) groups is 1. The molecule has 9 nitrogen and oxygen atoms in total. The second-order valence-electron chi connectivity index (χ2n) is 8.71. The number of thiocyanates is 1. The number of aromatic nitrogens is 2. The largest absolute Gasteiger partial charge is 0.761 e. The van der Waals surface area contributed by atoms with E-state index in [9.17, 15) is 10.0 Å². The van der Waals surface area contributed by atoms with Crippen molar-refractivity contribution in [1.29, 1.82) is 5.26 Å². The van der Waals surface area contributed by atoms with Gasteiger partial charge in [-0.05, 0) is 61.6 Å². The number of nitriles is 1. The number of nitrogens with zero attached hydrogens (tertiary/aromatic N) is 3. The van der Waals surface area contributed by atoms with E-state index in [4.69, 9.17) is 10.00 Å². The highest BCUT2D eigenvalue weighted by molar-refractivity contribution is 8.03. The molecule has 0 atom stereocenters. The van der Waals surface area contributed by atoms with Crippen LogP contribution in [0, 0.1) is 22.8 Å². The predicted octanol–water partition coefficient (Wildman–Crippen LogP) is 5.57. The van der Waals surface area contributed by atoms with E-state index < -0.39 is 11.7 Å². The maximum absolute atomic E-state index is 12.0. The van der Waals surface area contributed by atoms with Crippen LogP contribution in [0.5, 0.6) is 0 Å². The lowest BCUT2D eigenvalue weighted by Gasteiger charge is -2.19. The molecule has 1 heterocycles. The lowest BCUT2D eigenvalue weighted by molar-refractivity contribution is 0.0523. The highest BCUT2D eigenvalue weighted by Gasteiger charge is 2.16. The Morgan fingerprint density at radius 3 is 2.69 bits per heavy atom. The molecule has 2 aromatic carbocycles. The number of amides is 1. The van der Waals surface area contributed by atoms with E-state index in [0.29, 0.717) is 19.0 Å². The Bertz CT molecular complexity index is 1240. The third-order valence-electron chi connectivity index (χ3n) is 4.96. The lowest BCUT2D eigenvalue weighted by atomic mass is 9.95.